The van der Waals surface area contributed by atoms with Crippen molar-refractivity contribution in [3.8, 4) is 5.75 Å². The van der Waals surface area contributed by atoms with Gasteiger partial charge in [-0.3, -0.25) is 9.59 Å². The summed E-state index contributed by atoms with van der Waals surface area (Å²) in [5.74, 6) is 1.17. The van der Waals surface area contributed by atoms with Crippen LogP contribution in [0.5, 0.6) is 5.75 Å². The molecule has 208 valence electrons. The highest BCUT2D eigenvalue weighted by Crippen LogP contribution is 2.29. The quantitative estimate of drug-likeness (QED) is 0.496. The zero-order valence-corrected chi connectivity index (χ0v) is 23.1. The van der Waals surface area contributed by atoms with Crippen LogP contribution in [0.4, 0.5) is 5.69 Å². The molecule has 2 saturated heterocycles. The molecule has 3 aliphatic heterocycles. The number of piperazine rings is 1. The van der Waals surface area contributed by atoms with Crippen molar-refractivity contribution in [1.29, 1.82) is 0 Å². The summed E-state index contributed by atoms with van der Waals surface area (Å²) in [6.07, 6.45) is 5.37. The summed E-state index contributed by atoms with van der Waals surface area (Å²) in [5.41, 5.74) is 3.14. The van der Waals surface area contributed by atoms with Crippen LogP contribution in [0.25, 0.3) is 0 Å². The van der Waals surface area contributed by atoms with Crippen LogP contribution < -0.4 is 25.6 Å². The fourth-order valence-corrected chi connectivity index (χ4v) is 5.83. The highest BCUT2D eigenvalue weighted by atomic mass is 35.5. The molecule has 2 aromatic carbocycles. The van der Waals surface area contributed by atoms with Gasteiger partial charge in [0.2, 0.25) is 11.8 Å². The number of ether oxygens (including phenoxy) is 1. The summed E-state index contributed by atoms with van der Waals surface area (Å²) >= 11 is 6.24. The van der Waals surface area contributed by atoms with Gasteiger partial charge in [0, 0.05) is 75.1 Å². The van der Waals surface area contributed by atoms with Crippen LogP contribution in [0.1, 0.15) is 24.0 Å². The molecule has 3 heterocycles. The number of carbonyl (C=O) groups excluding carboxylic acids is 2. The standard InChI is InChI=1S/C30H38ClN5O3/c31-27-6-2-1-4-23(27)19-34-29(37)17-22-9-12-36-21-24(22)5-3-15-39-28-8-7-26(35-13-10-32-11-14-35)16-25(28)18-33-20-30(36)38/h1-8,16,22,24,32-33H,9-15,17-21H2,(H,34,37)/b5-3+/t22-,24-/m0/s1. The van der Waals surface area contributed by atoms with Gasteiger partial charge < -0.3 is 30.5 Å². The lowest BCUT2D eigenvalue weighted by molar-refractivity contribution is -0.132. The third kappa shape index (κ3) is 7.32. The highest BCUT2D eigenvalue weighted by Gasteiger charge is 2.31. The largest absolute Gasteiger partial charge is 0.489 e. The molecule has 2 bridgehead atoms. The van der Waals surface area contributed by atoms with Gasteiger partial charge in [-0.15, -0.1) is 0 Å². The molecule has 0 spiro atoms. The van der Waals surface area contributed by atoms with E-state index in [4.69, 9.17) is 16.3 Å². The maximum absolute atomic E-state index is 13.1. The van der Waals surface area contributed by atoms with Crippen LogP contribution in [0.3, 0.4) is 0 Å². The van der Waals surface area contributed by atoms with Crippen LogP contribution in [-0.2, 0) is 22.7 Å². The van der Waals surface area contributed by atoms with Gasteiger partial charge in [0.15, 0.2) is 0 Å². The first-order valence-electron chi connectivity index (χ1n) is 13.9. The van der Waals surface area contributed by atoms with Crippen LogP contribution in [0.2, 0.25) is 5.02 Å². The number of halogens is 1. The van der Waals surface area contributed by atoms with Crippen molar-refractivity contribution in [1.82, 2.24) is 20.9 Å². The minimum Gasteiger partial charge on any atom is -0.489 e. The van der Waals surface area contributed by atoms with Crippen molar-refractivity contribution < 1.29 is 14.3 Å². The van der Waals surface area contributed by atoms with Gasteiger partial charge >= 0.3 is 0 Å². The summed E-state index contributed by atoms with van der Waals surface area (Å²) in [6, 6.07) is 13.9. The Labute approximate surface area is 235 Å². The molecule has 0 unspecified atom stereocenters. The maximum Gasteiger partial charge on any atom is 0.236 e. The predicted molar refractivity (Wildman–Crippen MR) is 154 cm³/mol. The van der Waals surface area contributed by atoms with Crippen LogP contribution in [0.15, 0.2) is 54.6 Å². The molecule has 8 nitrogen and oxygen atoms in total. The van der Waals surface area contributed by atoms with Crippen molar-refractivity contribution in [3.63, 3.8) is 0 Å². The third-order valence-electron chi connectivity index (χ3n) is 7.88. The Hall–Kier alpha value is -3.07. The Morgan fingerprint density at radius 3 is 2.74 bits per heavy atom. The number of nitrogens with zero attached hydrogens (tertiary/aromatic N) is 2. The summed E-state index contributed by atoms with van der Waals surface area (Å²) in [5, 5.41) is 10.4. The Balaban J connectivity index is 1.24. The molecule has 0 saturated carbocycles. The molecular formula is C30H38ClN5O3. The van der Waals surface area contributed by atoms with E-state index in [-0.39, 0.29) is 30.2 Å². The van der Waals surface area contributed by atoms with E-state index in [0.29, 0.717) is 44.2 Å². The third-order valence-corrected chi connectivity index (χ3v) is 8.25. The second-order valence-corrected chi connectivity index (χ2v) is 10.9. The van der Waals surface area contributed by atoms with Gasteiger partial charge in [-0.05, 0) is 48.1 Å². The van der Waals surface area contributed by atoms with Crippen LogP contribution in [-0.4, -0.2) is 69.1 Å². The van der Waals surface area contributed by atoms with Gasteiger partial charge in [-0.2, -0.15) is 0 Å². The monoisotopic (exact) mass is 551 g/mol. The van der Waals surface area contributed by atoms with E-state index in [0.717, 1.165) is 49.5 Å². The van der Waals surface area contributed by atoms with E-state index < -0.39 is 0 Å². The number of nitrogens with one attached hydrogen (secondary N) is 3. The normalized spacial score (nSPS) is 22.9. The second kappa shape index (κ2) is 13.3. The number of fused-ring (bicyclic) bond motifs is 3. The Kier molecular flexibility index (Phi) is 9.40. The average Bonchev–Trinajstić information content (AvgIpc) is 2.97. The van der Waals surface area contributed by atoms with Crippen molar-refractivity contribution in [2.45, 2.75) is 25.9 Å². The fourth-order valence-electron chi connectivity index (χ4n) is 5.62. The number of hydrogen-bond acceptors (Lipinski definition) is 6. The lowest BCUT2D eigenvalue weighted by Gasteiger charge is -2.37. The number of benzene rings is 2. The second-order valence-electron chi connectivity index (χ2n) is 10.5. The molecule has 39 heavy (non-hydrogen) atoms. The van der Waals surface area contributed by atoms with Crippen molar-refractivity contribution in [2.24, 2.45) is 11.8 Å². The average molecular weight is 552 g/mol. The van der Waals surface area contributed by atoms with Crippen molar-refractivity contribution in [3.05, 3.63) is 70.8 Å². The Morgan fingerprint density at radius 2 is 1.90 bits per heavy atom. The minimum atomic E-state index is 0.00291. The van der Waals surface area contributed by atoms with Crippen molar-refractivity contribution >= 4 is 29.1 Å². The number of hydrogen-bond donors (Lipinski definition) is 3. The van der Waals surface area contributed by atoms with Gasteiger partial charge in [0.05, 0.1) is 6.54 Å². The lowest BCUT2D eigenvalue weighted by Crippen LogP contribution is -2.47. The first-order valence-corrected chi connectivity index (χ1v) is 14.3. The van der Waals surface area contributed by atoms with Crippen LogP contribution >= 0.6 is 11.6 Å². The lowest BCUT2D eigenvalue weighted by atomic mass is 9.82. The van der Waals surface area contributed by atoms with Crippen LogP contribution in [0, 0.1) is 11.8 Å². The SMILES string of the molecule is O=C(C[C@@H]1CCN2C[C@@H]1/C=C/COc1ccc(N3CCNCC3)cc1CNCC2=O)NCc1ccccc1Cl. The first-order chi connectivity index (χ1) is 19.1. The zero-order valence-electron chi connectivity index (χ0n) is 22.3. The molecule has 2 atom stereocenters. The number of amides is 2. The molecule has 3 N–H and O–H groups in total. The smallest absolute Gasteiger partial charge is 0.236 e. The van der Waals surface area contributed by atoms with E-state index in [2.05, 4.69) is 39.1 Å². The molecule has 0 aliphatic carbocycles. The van der Waals surface area contributed by atoms with Gasteiger partial charge in [-0.25, -0.2) is 0 Å². The van der Waals surface area contributed by atoms with Gasteiger partial charge in [0.25, 0.3) is 0 Å². The summed E-state index contributed by atoms with van der Waals surface area (Å²) < 4.78 is 6.18. The number of carbonyl (C=O) groups is 2. The van der Waals surface area contributed by atoms with E-state index in [1.165, 1.54) is 5.69 Å². The fraction of sp³-hybridized carbons (Fsp3) is 0.467. The molecule has 2 aromatic rings. The van der Waals surface area contributed by atoms with E-state index in [1.807, 2.05) is 41.3 Å². The van der Waals surface area contributed by atoms with Gasteiger partial charge in [0.1, 0.15) is 12.4 Å². The molecule has 3 aliphatic rings. The zero-order chi connectivity index (χ0) is 27.0. The number of anilines is 1. The summed E-state index contributed by atoms with van der Waals surface area (Å²) in [7, 11) is 0. The van der Waals surface area contributed by atoms with E-state index in [9.17, 15) is 9.59 Å². The maximum atomic E-state index is 13.1. The number of piperidine rings is 1. The summed E-state index contributed by atoms with van der Waals surface area (Å²) in [6.45, 7) is 6.87. The molecule has 0 aromatic heterocycles. The molecule has 0 radical (unpaired) electrons. The molecule has 2 fully saturated rings. The molecule has 2 amide bonds. The van der Waals surface area contributed by atoms with E-state index >= 15 is 0 Å². The Bertz CT molecular complexity index is 1180. The molecular weight excluding hydrogens is 514 g/mol. The predicted octanol–water partition coefficient (Wildman–Crippen LogP) is 2.96. The summed E-state index contributed by atoms with van der Waals surface area (Å²) in [4.78, 5) is 30.2. The van der Waals surface area contributed by atoms with E-state index in [1.54, 1.807) is 0 Å². The van der Waals surface area contributed by atoms with Crippen molar-refractivity contribution in [2.75, 3.05) is 57.3 Å². The Morgan fingerprint density at radius 1 is 1.05 bits per heavy atom. The molecule has 9 heteroatoms. The highest BCUT2D eigenvalue weighted by molar-refractivity contribution is 6.31. The first kappa shape index (κ1) is 27.5. The molecule has 5 rings (SSSR count). The number of rotatable bonds is 5. The minimum absolute atomic E-state index is 0.00291. The van der Waals surface area contributed by atoms with Gasteiger partial charge in [-0.1, -0.05) is 42.0 Å². The topological polar surface area (TPSA) is 85.9 Å².